The number of hydrogen-bond donors (Lipinski definition) is 1. The van der Waals surface area contributed by atoms with Crippen LogP contribution in [0.3, 0.4) is 0 Å². The average Bonchev–Trinajstić information content (AvgIpc) is 2.10. The summed E-state index contributed by atoms with van der Waals surface area (Å²) in [6.07, 6.45) is 4.46. The number of aliphatic hydroxyl groups excluding tert-OH is 1. The predicted octanol–water partition coefficient (Wildman–Crippen LogP) is 1.82. The van der Waals surface area contributed by atoms with E-state index in [1.807, 2.05) is 0 Å². The summed E-state index contributed by atoms with van der Waals surface area (Å²) >= 11 is 0. The van der Waals surface area contributed by atoms with Gasteiger partial charge in [-0.05, 0) is 25.2 Å². The van der Waals surface area contributed by atoms with Crippen molar-refractivity contribution in [2.45, 2.75) is 39.2 Å². The van der Waals surface area contributed by atoms with Gasteiger partial charge in [0.25, 0.3) is 0 Å². The molecule has 2 heteroatoms. The molecule has 1 heterocycles. The molecule has 2 nitrogen and oxygen atoms in total. The van der Waals surface area contributed by atoms with Gasteiger partial charge in [0.2, 0.25) is 0 Å². The first-order valence-corrected chi connectivity index (χ1v) is 4.37. The summed E-state index contributed by atoms with van der Waals surface area (Å²) in [5.74, 6) is 0.713. The fraction of sp³-hybridized carbons (Fsp3) is 1.00. The summed E-state index contributed by atoms with van der Waals surface area (Å²) in [7, 11) is 1.00. The number of rotatable bonds is 1. The molecule has 0 amide bonds. The van der Waals surface area contributed by atoms with Gasteiger partial charge in [0, 0.05) is 13.7 Å². The summed E-state index contributed by atoms with van der Waals surface area (Å²) in [5.41, 5.74) is 0. The molecule has 68 valence electrons. The zero-order valence-electron chi connectivity index (χ0n) is 7.84. The van der Waals surface area contributed by atoms with E-state index < -0.39 is 0 Å². The van der Waals surface area contributed by atoms with Crippen molar-refractivity contribution in [2.75, 3.05) is 13.7 Å². The van der Waals surface area contributed by atoms with Crippen LogP contribution < -0.4 is 0 Å². The van der Waals surface area contributed by atoms with Gasteiger partial charge >= 0.3 is 0 Å². The molecule has 1 N–H and O–H groups in total. The molecule has 0 unspecified atom stereocenters. The average molecular weight is 160 g/mol. The molecule has 1 saturated heterocycles. The highest BCUT2D eigenvalue weighted by Gasteiger charge is 2.16. The van der Waals surface area contributed by atoms with E-state index in [0.717, 1.165) is 13.7 Å². The molecule has 0 aliphatic carbocycles. The molecule has 0 bridgehead atoms. The van der Waals surface area contributed by atoms with Crippen molar-refractivity contribution in [3.8, 4) is 0 Å². The fourth-order valence-corrected chi connectivity index (χ4v) is 1.29. The lowest BCUT2D eigenvalue weighted by atomic mass is 9.99. The fourth-order valence-electron chi connectivity index (χ4n) is 1.29. The minimum absolute atomic E-state index is 0.554. The standard InChI is InChI=1S/C8H16O.CH4O/c1-7(2)8-5-3-4-6-9-8;1-2/h7-8H,3-6H2,1-2H3;2H,1H3/t8-;/m0./s1. The Bertz CT molecular complexity index is 75.6. The van der Waals surface area contributed by atoms with Gasteiger partial charge in [-0.3, -0.25) is 0 Å². The lowest BCUT2D eigenvalue weighted by Gasteiger charge is -2.25. The Labute approximate surface area is 69.6 Å². The van der Waals surface area contributed by atoms with E-state index in [-0.39, 0.29) is 0 Å². The Morgan fingerprint density at radius 1 is 1.27 bits per heavy atom. The molecule has 0 saturated carbocycles. The molecule has 11 heavy (non-hydrogen) atoms. The molecule has 0 aromatic heterocycles. The van der Waals surface area contributed by atoms with Gasteiger partial charge in [0.05, 0.1) is 6.10 Å². The van der Waals surface area contributed by atoms with Crippen LogP contribution in [0.4, 0.5) is 0 Å². The van der Waals surface area contributed by atoms with Crippen LogP contribution in [-0.2, 0) is 4.74 Å². The maximum absolute atomic E-state index is 7.00. The third kappa shape index (κ3) is 4.38. The molecule has 1 rings (SSSR count). The lowest BCUT2D eigenvalue weighted by molar-refractivity contribution is -0.0115. The summed E-state index contributed by atoms with van der Waals surface area (Å²) in [5, 5.41) is 7.00. The molecule has 1 atom stereocenters. The largest absolute Gasteiger partial charge is 0.400 e. The predicted molar refractivity (Wildman–Crippen MR) is 46.6 cm³/mol. The first-order chi connectivity index (χ1) is 5.30. The monoisotopic (exact) mass is 160 g/mol. The number of hydrogen-bond acceptors (Lipinski definition) is 2. The minimum Gasteiger partial charge on any atom is -0.400 e. The second kappa shape index (κ2) is 6.62. The van der Waals surface area contributed by atoms with Crippen LogP contribution >= 0.6 is 0 Å². The maximum atomic E-state index is 7.00. The molecular formula is C9H20O2. The van der Waals surface area contributed by atoms with Gasteiger partial charge in [-0.1, -0.05) is 13.8 Å². The van der Waals surface area contributed by atoms with Gasteiger partial charge in [-0.15, -0.1) is 0 Å². The molecule has 1 fully saturated rings. The van der Waals surface area contributed by atoms with Crippen molar-refractivity contribution < 1.29 is 9.84 Å². The minimum atomic E-state index is 0.554. The van der Waals surface area contributed by atoms with Gasteiger partial charge in [-0.2, -0.15) is 0 Å². The van der Waals surface area contributed by atoms with E-state index in [9.17, 15) is 0 Å². The zero-order valence-corrected chi connectivity index (χ0v) is 7.84. The van der Waals surface area contributed by atoms with Crippen LogP contribution in [0.2, 0.25) is 0 Å². The van der Waals surface area contributed by atoms with E-state index in [2.05, 4.69) is 13.8 Å². The van der Waals surface area contributed by atoms with Gasteiger partial charge < -0.3 is 9.84 Å². The molecule has 1 aliphatic heterocycles. The second-order valence-electron chi connectivity index (χ2n) is 3.15. The molecule has 1 aliphatic rings. The number of ether oxygens (including phenoxy) is 1. The molecular weight excluding hydrogens is 140 g/mol. The molecule has 0 spiro atoms. The second-order valence-corrected chi connectivity index (χ2v) is 3.15. The Morgan fingerprint density at radius 2 is 1.91 bits per heavy atom. The van der Waals surface area contributed by atoms with Gasteiger partial charge in [0.1, 0.15) is 0 Å². The Balaban J connectivity index is 0.000000461. The normalized spacial score (nSPS) is 24.3. The maximum Gasteiger partial charge on any atom is 0.0598 e. The van der Waals surface area contributed by atoms with Crippen LogP contribution in [0.25, 0.3) is 0 Å². The van der Waals surface area contributed by atoms with Crippen molar-refractivity contribution in [1.29, 1.82) is 0 Å². The molecule has 0 radical (unpaired) electrons. The summed E-state index contributed by atoms with van der Waals surface area (Å²) in [6.45, 7) is 5.45. The van der Waals surface area contributed by atoms with Crippen LogP contribution in [0.5, 0.6) is 0 Å². The number of aliphatic hydroxyl groups is 1. The molecule has 0 aromatic rings. The first kappa shape index (κ1) is 10.9. The third-order valence-corrected chi connectivity index (χ3v) is 1.96. The highest BCUT2D eigenvalue weighted by molar-refractivity contribution is 4.65. The van der Waals surface area contributed by atoms with Crippen molar-refractivity contribution in [3.05, 3.63) is 0 Å². The van der Waals surface area contributed by atoms with Crippen LogP contribution in [-0.4, -0.2) is 24.9 Å². The van der Waals surface area contributed by atoms with Crippen molar-refractivity contribution >= 4 is 0 Å². The van der Waals surface area contributed by atoms with Crippen molar-refractivity contribution in [3.63, 3.8) is 0 Å². The van der Waals surface area contributed by atoms with E-state index >= 15 is 0 Å². The lowest BCUT2D eigenvalue weighted by Crippen LogP contribution is -2.24. The van der Waals surface area contributed by atoms with Crippen LogP contribution in [0, 0.1) is 5.92 Å². The van der Waals surface area contributed by atoms with Gasteiger partial charge in [-0.25, -0.2) is 0 Å². The summed E-state index contributed by atoms with van der Waals surface area (Å²) in [4.78, 5) is 0. The summed E-state index contributed by atoms with van der Waals surface area (Å²) in [6, 6.07) is 0. The SMILES string of the molecule is CC(C)[C@@H]1CCCCO1.CO. The van der Waals surface area contributed by atoms with E-state index in [4.69, 9.17) is 9.84 Å². The Kier molecular flexibility index (Phi) is 6.57. The van der Waals surface area contributed by atoms with E-state index in [0.29, 0.717) is 12.0 Å². The molecule has 0 aromatic carbocycles. The van der Waals surface area contributed by atoms with Gasteiger partial charge in [0.15, 0.2) is 0 Å². The van der Waals surface area contributed by atoms with Crippen molar-refractivity contribution in [2.24, 2.45) is 5.92 Å². The topological polar surface area (TPSA) is 29.5 Å². The highest BCUT2D eigenvalue weighted by Crippen LogP contribution is 2.18. The van der Waals surface area contributed by atoms with E-state index in [1.165, 1.54) is 19.3 Å². The smallest absolute Gasteiger partial charge is 0.0598 e. The van der Waals surface area contributed by atoms with Crippen molar-refractivity contribution in [1.82, 2.24) is 0 Å². The Morgan fingerprint density at radius 3 is 2.18 bits per heavy atom. The van der Waals surface area contributed by atoms with Crippen LogP contribution in [0.15, 0.2) is 0 Å². The quantitative estimate of drug-likeness (QED) is 0.634. The Hall–Kier alpha value is -0.0800. The third-order valence-electron chi connectivity index (χ3n) is 1.96. The zero-order chi connectivity index (χ0) is 8.69. The first-order valence-electron chi connectivity index (χ1n) is 4.37. The summed E-state index contributed by atoms with van der Waals surface area (Å²) < 4.78 is 5.54. The highest BCUT2D eigenvalue weighted by atomic mass is 16.5. The van der Waals surface area contributed by atoms with Crippen LogP contribution in [0.1, 0.15) is 33.1 Å². The van der Waals surface area contributed by atoms with E-state index in [1.54, 1.807) is 0 Å².